The second-order valence-corrected chi connectivity index (χ2v) is 7.96. The van der Waals surface area contributed by atoms with E-state index >= 15 is 0 Å². The van der Waals surface area contributed by atoms with Crippen molar-refractivity contribution in [2.45, 2.75) is 24.3 Å². The van der Waals surface area contributed by atoms with Gasteiger partial charge in [-0.2, -0.15) is 0 Å². The third kappa shape index (κ3) is 3.52. The molecule has 2 atom stereocenters. The highest BCUT2D eigenvalue weighted by Crippen LogP contribution is 2.29. The quantitative estimate of drug-likeness (QED) is 0.816. The van der Waals surface area contributed by atoms with Crippen LogP contribution in [0.4, 0.5) is 5.69 Å². The first kappa shape index (κ1) is 15.8. The Hall–Kier alpha value is -0.630. The molecule has 5 nitrogen and oxygen atoms in total. The zero-order valence-corrected chi connectivity index (χ0v) is 13.8. The molecule has 0 bridgehead atoms. The van der Waals surface area contributed by atoms with Gasteiger partial charge in [-0.25, -0.2) is 8.42 Å². The molecular weight excluding hydrogens is 370 g/mol. The summed E-state index contributed by atoms with van der Waals surface area (Å²) in [5, 5.41) is 2.76. The Balaban J connectivity index is 2.16. The van der Waals surface area contributed by atoms with E-state index in [0.29, 0.717) is 23.2 Å². The van der Waals surface area contributed by atoms with Gasteiger partial charge in [-0.05, 0) is 47.5 Å². The van der Waals surface area contributed by atoms with Gasteiger partial charge in [-0.3, -0.25) is 4.79 Å². The van der Waals surface area contributed by atoms with Crippen molar-refractivity contribution in [2.24, 2.45) is 5.92 Å². The number of amides is 1. The predicted molar refractivity (Wildman–Crippen MR) is 79.3 cm³/mol. The van der Waals surface area contributed by atoms with Crippen LogP contribution in [0.25, 0.3) is 0 Å². The fraction of sp³-hybridized carbons (Fsp3) is 0.417. The number of rotatable bonds is 3. The molecule has 1 aliphatic heterocycles. The van der Waals surface area contributed by atoms with Crippen molar-refractivity contribution in [3.8, 4) is 0 Å². The van der Waals surface area contributed by atoms with Crippen molar-refractivity contribution in [3.63, 3.8) is 0 Å². The topological polar surface area (TPSA) is 72.5 Å². The van der Waals surface area contributed by atoms with E-state index in [-0.39, 0.29) is 22.8 Å². The van der Waals surface area contributed by atoms with Crippen LogP contribution >= 0.6 is 26.6 Å². The molecular formula is C12H13BrClNO4S. The zero-order chi connectivity index (χ0) is 14.9. The number of nitrogens with one attached hydrogen (secondary N) is 1. The van der Waals surface area contributed by atoms with Gasteiger partial charge in [0.25, 0.3) is 9.05 Å². The Morgan fingerprint density at radius 3 is 2.70 bits per heavy atom. The van der Waals surface area contributed by atoms with Crippen molar-refractivity contribution >= 4 is 47.3 Å². The number of carbonyl (C=O) groups is 1. The third-order valence-electron chi connectivity index (χ3n) is 3.19. The molecule has 0 aliphatic carbocycles. The molecule has 8 heteroatoms. The van der Waals surface area contributed by atoms with Gasteiger partial charge in [-0.15, -0.1) is 0 Å². The van der Waals surface area contributed by atoms with Crippen LogP contribution in [-0.4, -0.2) is 27.0 Å². The van der Waals surface area contributed by atoms with Crippen LogP contribution in [0.3, 0.4) is 0 Å². The lowest BCUT2D eigenvalue weighted by Gasteiger charge is -2.15. The van der Waals surface area contributed by atoms with Crippen LogP contribution in [0.1, 0.15) is 13.3 Å². The van der Waals surface area contributed by atoms with Crippen molar-refractivity contribution in [1.82, 2.24) is 0 Å². The summed E-state index contributed by atoms with van der Waals surface area (Å²) in [6, 6.07) is 4.20. The number of hydrogen-bond acceptors (Lipinski definition) is 4. The molecule has 1 aromatic carbocycles. The van der Waals surface area contributed by atoms with Gasteiger partial charge in [0.15, 0.2) is 0 Å². The van der Waals surface area contributed by atoms with Gasteiger partial charge in [0.2, 0.25) is 5.91 Å². The Bertz CT molecular complexity index is 634. The van der Waals surface area contributed by atoms with Crippen LogP contribution in [0.15, 0.2) is 27.6 Å². The first-order valence-electron chi connectivity index (χ1n) is 5.95. The molecule has 1 N–H and O–H groups in total. The highest BCUT2D eigenvalue weighted by atomic mass is 79.9. The standard InChI is InChI=1S/C12H13BrClNO4S/c1-7-9(4-5-19-7)12(16)15-11-3-2-8(6-10(11)13)20(14,17)18/h2-3,6-7,9H,4-5H2,1H3,(H,15,16). The molecule has 1 fully saturated rings. The largest absolute Gasteiger partial charge is 0.378 e. The van der Waals surface area contributed by atoms with Gasteiger partial charge in [0, 0.05) is 21.8 Å². The van der Waals surface area contributed by atoms with Crippen molar-refractivity contribution < 1.29 is 17.9 Å². The Kier molecular flexibility index (Phi) is 4.73. The summed E-state index contributed by atoms with van der Waals surface area (Å²) < 4.78 is 28.2. The van der Waals surface area contributed by atoms with Crippen LogP contribution in [0.2, 0.25) is 0 Å². The normalized spacial score (nSPS) is 22.8. The molecule has 1 heterocycles. The van der Waals surface area contributed by atoms with Crippen molar-refractivity contribution in [3.05, 3.63) is 22.7 Å². The number of benzene rings is 1. The minimum atomic E-state index is -3.79. The fourth-order valence-corrected chi connectivity index (χ4v) is 3.46. The first-order valence-corrected chi connectivity index (χ1v) is 9.06. The zero-order valence-electron chi connectivity index (χ0n) is 10.6. The van der Waals surface area contributed by atoms with E-state index in [2.05, 4.69) is 21.2 Å². The molecule has 110 valence electrons. The van der Waals surface area contributed by atoms with Gasteiger partial charge in [-0.1, -0.05) is 0 Å². The average molecular weight is 383 g/mol. The summed E-state index contributed by atoms with van der Waals surface area (Å²) in [7, 11) is 1.47. The highest BCUT2D eigenvalue weighted by Gasteiger charge is 2.31. The minimum absolute atomic E-state index is 0.0263. The van der Waals surface area contributed by atoms with E-state index in [4.69, 9.17) is 15.4 Å². The molecule has 0 radical (unpaired) electrons. The second kappa shape index (κ2) is 6.01. The van der Waals surface area contributed by atoms with E-state index in [1.807, 2.05) is 6.92 Å². The van der Waals surface area contributed by atoms with Crippen LogP contribution < -0.4 is 5.32 Å². The van der Waals surface area contributed by atoms with Crippen LogP contribution in [-0.2, 0) is 18.6 Å². The fourth-order valence-electron chi connectivity index (χ4n) is 2.05. The SMILES string of the molecule is CC1OCCC1C(=O)Nc1ccc(S(=O)(=O)Cl)cc1Br. The number of anilines is 1. The molecule has 1 aliphatic rings. The summed E-state index contributed by atoms with van der Waals surface area (Å²) in [5.41, 5.74) is 0.498. The molecule has 2 rings (SSSR count). The second-order valence-electron chi connectivity index (χ2n) is 4.54. The van der Waals surface area contributed by atoms with E-state index < -0.39 is 9.05 Å². The Morgan fingerprint density at radius 1 is 1.50 bits per heavy atom. The predicted octanol–water partition coefficient (Wildman–Crippen LogP) is 2.74. The maximum Gasteiger partial charge on any atom is 0.261 e. The highest BCUT2D eigenvalue weighted by molar-refractivity contribution is 9.10. The van der Waals surface area contributed by atoms with Gasteiger partial charge >= 0.3 is 0 Å². The molecule has 20 heavy (non-hydrogen) atoms. The lowest BCUT2D eigenvalue weighted by Crippen LogP contribution is -2.27. The average Bonchev–Trinajstić information content (AvgIpc) is 2.76. The molecule has 0 spiro atoms. The summed E-state index contributed by atoms with van der Waals surface area (Å²) in [6.45, 7) is 2.43. The van der Waals surface area contributed by atoms with E-state index in [1.54, 1.807) is 0 Å². The smallest absolute Gasteiger partial charge is 0.261 e. The van der Waals surface area contributed by atoms with Crippen LogP contribution in [0, 0.1) is 5.92 Å². The molecule has 1 amide bonds. The number of ether oxygens (including phenoxy) is 1. The van der Waals surface area contributed by atoms with Crippen LogP contribution in [0.5, 0.6) is 0 Å². The Morgan fingerprint density at radius 2 is 2.20 bits per heavy atom. The molecule has 2 unspecified atom stereocenters. The van der Waals surface area contributed by atoms with Crippen molar-refractivity contribution in [2.75, 3.05) is 11.9 Å². The number of halogens is 2. The lowest BCUT2D eigenvalue weighted by atomic mass is 10.0. The molecule has 0 aromatic heterocycles. The monoisotopic (exact) mass is 381 g/mol. The minimum Gasteiger partial charge on any atom is -0.378 e. The van der Waals surface area contributed by atoms with Gasteiger partial charge in [0.05, 0.1) is 22.6 Å². The third-order valence-corrected chi connectivity index (χ3v) is 5.20. The molecule has 1 saturated heterocycles. The lowest BCUT2D eigenvalue weighted by molar-refractivity contribution is -0.121. The van der Waals surface area contributed by atoms with E-state index in [0.717, 1.165) is 0 Å². The number of carbonyl (C=O) groups excluding carboxylic acids is 1. The maximum atomic E-state index is 12.1. The van der Waals surface area contributed by atoms with Crippen molar-refractivity contribution in [1.29, 1.82) is 0 Å². The summed E-state index contributed by atoms with van der Waals surface area (Å²) in [6.07, 6.45) is 0.565. The maximum absolute atomic E-state index is 12.1. The van der Waals surface area contributed by atoms with Gasteiger partial charge < -0.3 is 10.1 Å². The Labute approximate surface area is 130 Å². The summed E-state index contributed by atoms with van der Waals surface area (Å²) >= 11 is 3.22. The number of hydrogen-bond donors (Lipinski definition) is 1. The first-order chi connectivity index (χ1) is 9.29. The summed E-state index contributed by atoms with van der Waals surface area (Å²) in [4.78, 5) is 12.1. The van der Waals surface area contributed by atoms with E-state index in [9.17, 15) is 13.2 Å². The molecule has 1 aromatic rings. The summed E-state index contributed by atoms with van der Waals surface area (Å²) in [5.74, 6) is -0.337. The van der Waals surface area contributed by atoms with E-state index in [1.165, 1.54) is 18.2 Å². The molecule has 0 saturated carbocycles. The van der Waals surface area contributed by atoms with Gasteiger partial charge in [0.1, 0.15) is 0 Å².